The van der Waals surface area contributed by atoms with Crippen molar-refractivity contribution in [1.29, 1.82) is 0 Å². The van der Waals surface area contributed by atoms with Crippen LogP contribution in [-0.2, 0) is 11.3 Å². The fourth-order valence-corrected chi connectivity index (χ4v) is 2.37. The molecular formula is C17H29N3O. The second kappa shape index (κ2) is 8.03. The summed E-state index contributed by atoms with van der Waals surface area (Å²) in [7, 11) is 0. The fourth-order valence-electron chi connectivity index (χ4n) is 2.37. The van der Waals surface area contributed by atoms with Gasteiger partial charge < -0.3 is 16.0 Å². The normalized spacial score (nSPS) is 11.2. The van der Waals surface area contributed by atoms with Gasteiger partial charge in [0, 0.05) is 18.3 Å². The molecule has 1 amide bonds. The van der Waals surface area contributed by atoms with Crippen molar-refractivity contribution < 1.29 is 4.79 Å². The van der Waals surface area contributed by atoms with Gasteiger partial charge >= 0.3 is 0 Å². The Balaban J connectivity index is 2.82. The maximum atomic E-state index is 11.2. The van der Waals surface area contributed by atoms with Gasteiger partial charge in [0.25, 0.3) is 0 Å². The van der Waals surface area contributed by atoms with E-state index in [9.17, 15) is 4.79 Å². The van der Waals surface area contributed by atoms with Crippen LogP contribution in [0.5, 0.6) is 0 Å². The Morgan fingerprint density at radius 3 is 2.43 bits per heavy atom. The lowest BCUT2D eigenvalue weighted by atomic mass is 10.1. The zero-order valence-corrected chi connectivity index (χ0v) is 13.9. The number of carbonyl (C=O) groups excluding carboxylic acids is 1. The molecule has 3 N–H and O–H groups in total. The summed E-state index contributed by atoms with van der Waals surface area (Å²) in [5, 5.41) is 3.44. The molecular weight excluding hydrogens is 262 g/mol. The third-order valence-electron chi connectivity index (χ3n) is 3.40. The zero-order valence-electron chi connectivity index (χ0n) is 13.9. The molecule has 21 heavy (non-hydrogen) atoms. The van der Waals surface area contributed by atoms with E-state index in [1.807, 2.05) is 4.90 Å². The molecule has 0 aromatic heterocycles. The van der Waals surface area contributed by atoms with Gasteiger partial charge in [-0.2, -0.15) is 0 Å². The minimum atomic E-state index is -0.300. The molecule has 0 aliphatic heterocycles. The van der Waals surface area contributed by atoms with E-state index in [1.54, 1.807) is 0 Å². The van der Waals surface area contributed by atoms with E-state index in [1.165, 1.54) is 11.1 Å². The standard InChI is InChI=1S/C17H29N3O/c1-12(2)9-19-10-15-6-7-16(14(5)8-15)20(13(3)4)11-17(18)21/h6-8,12-13,19H,9-11H2,1-5H3,(H2,18,21). The Morgan fingerprint density at radius 2 is 1.95 bits per heavy atom. The van der Waals surface area contributed by atoms with Crippen LogP contribution in [0.4, 0.5) is 5.69 Å². The third-order valence-corrected chi connectivity index (χ3v) is 3.40. The van der Waals surface area contributed by atoms with E-state index in [0.29, 0.717) is 5.92 Å². The summed E-state index contributed by atoms with van der Waals surface area (Å²) in [6.07, 6.45) is 0. The fraction of sp³-hybridized carbons (Fsp3) is 0.588. The minimum Gasteiger partial charge on any atom is -0.368 e. The molecule has 0 unspecified atom stereocenters. The van der Waals surface area contributed by atoms with Crippen LogP contribution in [0.15, 0.2) is 18.2 Å². The van der Waals surface area contributed by atoms with Crippen LogP contribution in [0.3, 0.4) is 0 Å². The van der Waals surface area contributed by atoms with Gasteiger partial charge in [-0.3, -0.25) is 4.79 Å². The highest BCUT2D eigenvalue weighted by molar-refractivity contribution is 5.80. The first-order valence-corrected chi connectivity index (χ1v) is 7.66. The molecule has 0 saturated heterocycles. The third kappa shape index (κ3) is 5.76. The van der Waals surface area contributed by atoms with Crippen molar-refractivity contribution in [2.45, 2.75) is 47.2 Å². The number of anilines is 1. The number of aryl methyl sites for hydroxylation is 1. The highest BCUT2D eigenvalue weighted by Crippen LogP contribution is 2.23. The average Bonchev–Trinajstić information content (AvgIpc) is 2.35. The monoisotopic (exact) mass is 291 g/mol. The number of carbonyl (C=O) groups is 1. The number of benzene rings is 1. The number of nitrogens with two attached hydrogens (primary N) is 1. The second-order valence-electron chi connectivity index (χ2n) is 6.33. The maximum absolute atomic E-state index is 11.2. The molecule has 118 valence electrons. The molecule has 0 spiro atoms. The van der Waals surface area contributed by atoms with Gasteiger partial charge in [0.15, 0.2) is 0 Å². The van der Waals surface area contributed by atoms with Crippen LogP contribution in [0, 0.1) is 12.8 Å². The molecule has 1 rings (SSSR count). The molecule has 1 aromatic carbocycles. The van der Waals surface area contributed by atoms with E-state index in [0.717, 1.165) is 18.8 Å². The molecule has 0 fully saturated rings. The van der Waals surface area contributed by atoms with Crippen LogP contribution in [0.25, 0.3) is 0 Å². The van der Waals surface area contributed by atoms with Gasteiger partial charge in [-0.05, 0) is 50.4 Å². The summed E-state index contributed by atoms with van der Waals surface area (Å²) in [6.45, 7) is 12.8. The van der Waals surface area contributed by atoms with Crippen LogP contribution in [0.2, 0.25) is 0 Å². The zero-order chi connectivity index (χ0) is 16.0. The smallest absolute Gasteiger partial charge is 0.236 e. The summed E-state index contributed by atoms with van der Waals surface area (Å²) >= 11 is 0. The summed E-state index contributed by atoms with van der Waals surface area (Å²) in [5.74, 6) is 0.350. The first kappa shape index (κ1) is 17.5. The molecule has 1 aromatic rings. The summed E-state index contributed by atoms with van der Waals surface area (Å²) < 4.78 is 0. The Bertz CT molecular complexity index is 469. The summed E-state index contributed by atoms with van der Waals surface area (Å²) in [4.78, 5) is 13.3. The number of hydrogen-bond acceptors (Lipinski definition) is 3. The molecule has 0 radical (unpaired) electrons. The van der Waals surface area contributed by atoms with Gasteiger partial charge in [-0.1, -0.05) is 26.0 Å². The molecule has 4 heteroatoms. The van der Waals surface area contributed by atoms with Gasteiger partial charge in [0.05, 0.1) is 6.54 Å². The van der Waals surface area contributed by atoms with Crippen molar-refractivity contribution in [3.8, 4) is 0 Å². The van der Waals surface area contributed by atoms with Crippen molar-refractivity contribution in [3.05, 3.63) is 29.3 Å². The van der Waals surface area contributed by atoms with Crippen LogP contribution in [0.1, 0.15) is 38.8 Å². The Labute approximate surface area is 128 Å². The molecule has 0 heterocycles. The molecule has 0 atom stereocenters. The number of nitrogens with one attached hydrogen (secondary N) is 1. The topological polar surface area (TPSA) is 58.4 Å². The predicted octanol–water partition coefficient (Wildman–Crippen LogP) is 2.44. The number of rotatable bonds is 8. The summed E-state index contributed by atoms with van der Waals surface area (Å²) in [5.41, 5.74) is 8.87. The molecule has 0 aliphatic carbocycles. The number of nitrogens with zero attached hydrogens (tertiary/aromatic N) is 1. The molecule has 4 nitrogen and oxygen atoms in total. The Hall–Kier alpha value is -1.55. The van der Waals surface area contributed by atoms with Crippen molar-refractivity contribution in [3.63, 3.8) is 0 Å². The number of primary amides is 1. The number of amides is 1. The van der Waals surface area contributed by atoms with Crippen LogP contribution < -0.4 is 16.0 Å². The van der Waals surface area contributed by atoms with E-state index in [2.05, 4.69) is 58.1 Å². The molecule has 0 bridgehead atoms. The molecule has 0 aliphatic rings. The van der Waals surface area contributed by atoms with Crippen LogP contribution in [-0.4, -0.2) is 25.0 Å². The van der Waals surface area contributed by atoms with E-state index in [4.69, 9.17) is 5.73 Å². The largest absolute Gasteiger partial charge is 0.368 e. The Kier molecular flexibility index (Phi) is 6.69. The highest BCUT2D eigenvalue weighted by atomic mass is 16.1. The predicted molar refractivity (Wildman–Crippen MR) is 89.4 cm³/mol. The lowest BCUT2D eigenvalue weighted by molar-refractivity contribution is -0.116. The van der Waals surface area contributed by atoms with Crippen LogP contribution >= 0.6 is 0 Å². The second-order valence-corrected chi connectivity index (χ2v) is 6.33. The molecule has 0 saturated carbocycles. The quantitative estimate of drug-likeness (QED) is 0.773. The Morgan fingerprint density at radius 1 is 1.29 bits per heavy atom. The van der Waals surface area contributed by atoms with Crippen molar-refractivity contribution >= 4 is 11.6 Å². The minimum absolute atomic E-state index is 0.237. The van der Waals surface area contributed by atoms with E-state index >= 15 is 0 Å². The van der Waals surface area contributed by atoms with Gasteiger partial charge in [-0.15, -0.1) is 0 Å². The van der Waals surface area contributed by atoms with Gasteiger partial charge in [0.2, 0.25) is 5.91 Å². The van der Waals surface area contributed by atoms with Gasteiger partial charge in [0.1, 0.15) is 0 Å². The van der Waals surface area contributed by atoms with E-state index < -0.39 is 0 Å². The average molecular weight is 291 g/mol. The lowest BCUT2D eigenvalue weighted by Crippen LogP contribution is -2.39. The van der Waals surface area contributed by atoms with Crippen molar-refractivity contribution in [1.82, 2.24) is 5.32 Å². The first-order chi connectivity index (χ1) is 9.81. The van der Waals surface area contributed by atoms with Crippen molar-refractivity contribution in [2.75, 3.05) is 18.0 Å². The SMILES string of the molecule is Cc1cc(CNCC(C)C)ccc1N(CC(N)=O)C(C)C. The van der Waals surface area contributed by atoms with Gasteiger partial charge in [-0.25, -0.2) is 0 Å². The van der Waals surface area contributed by atoms with Crippen molar-refractivity contribution in [2.24, 2.45) is 11.7 Å². The van der Waals surface area contributed by atoms with E-state index in [-0.39, 0.29) is 18.5 Å². The highest BCUT2D eigenvalue weighted by Gasteiger charge is 2.15. The lowest BCUT2D eigenvalue weighted by Gasteiger charge is -2.29. The maximum Gasteiger partial charge on any atom is 0.236 e. The summed E-state index contributed by atoms with van der Waals surface area (Å²) in [6, 6.07) is 6.62. The first-order valence-electron chi connectivity index (χ1n) is 7.66. The number of hydrogen-bond donors (Lipinski definition) is 2.